The number of rotatable bonds is 5. The zero-order valence-corrected chi connectivity index (χ0v) is 14.2. The van der Waals surface area contributed by atoms with Gasteiger partial charge in [-0.2, -0.15) is 0 Å². The summed E-state index contributed by atoms with van der Waals surface area (Å²) in [6.45, 7) is 0.0460. The Morgan fingerprint density at radius 2 is 1.83 bits per heavy atom. The average molecular weight is 368 g/mol. The number of nitrogens with one attached hydrogen (secondary N) is 3. The van der Waals surface area contributed by atoms with Gasteiger partial charge in [0.1, 0.15) is 10.6 Å². The zero-order valence-electron chi connectivity index (χ0n) is 12.6. The Labute approximate surface area is 142 Å². The summed E-state index contributed by atoms with van der Waals surface area (Å²) in [5, 5.41) is 0.0188. The standard InChI is InChI=1S/C15H14ClN3O4S/c1-23-13-5-3-2-4-9(13)8-17-24(21,22)14-7-12-11(6-10(14)16)18-15(20)19-12/h2-7,17H,8H2,1H3,(H2,18,19,20). The summed E-state index contributed by atoms with van der Waals surface area (Å²) in [5.74, 6) is 0.580. The molecule has 0 aliphatic rings. The van der Waals surface area contributed by atoms with Gasteiger partial charge in [-0.05, 0) is 18.2 Å². The van der Waals surface area contributed by atoms with Crippen LogP contribution in [0.4, 0.5) is 0 Å². The normalized spacial score (nSPS) is 11.8. The summed E-state index contributed by atoms with van der Waals surface area (Å²) in [4.78, 5) is 16.2. The monoisotopic (exact) mass is 367 g/mol. The molecule has 126 valence electrons. The van der Waals surface area contributed by atoms with E-state index in [1.54, 1.807) is 24.3 Å². The van der Waals surface area contributed by atoms with Crippen LogP contribution in [0, 0.1) is 0 Å². The van der Waals surface area contributed by atoms with Crippen LogP contribution >= 0.6 is 11.6 Å². The van der Waals surface area contributed by atoms with E-state index in [4.69, 9.17) is 16.3 Å². The van der Waals surface area contributed by atoms with Crippen LogP contribution in [0.3, 0.4) is 0 Å². The fourth-order valence-electron chi connectivity index (χ4n) is 2.34. The lowest BCUT2D eigenvalue weighted by molar-refractivity contribution is 0.409. The van der Waals surface area contributed by atoms with Crippen molar-refractivity contribution in [2.24, 2.45) is 0 Å². The van der Waals surface area contributed by atoms with Crippen LogP contribution in [0.25, 0.3) is 11.0 Å². The van der Waals surface area contributed by atoms with Gasteiger partial charge in [0, 0.05) is 12.1 Å². The molecular formula is C15H14ClN3O4S. The molecule has 2 aromatic carbocycles. The van der Waals surface area contributed by atoms with E-state index in [0.29, 0.717) is 22.3 Å². The predicted octanol–water partition coefficient (Wildman–Crippen LogP) is 2.00. The molecule has 3 aromatic rings. The highest BCUT2D eigenvalue weighted by atomic mass is 35.5. The second-order valence-corrected chi connectivity index (χ2v) is 7.19. The lowest BCUT2D eigenvalue weighted by Crippen LogP contribution is -2.23. The van der Waals surface area contributed by atoms with Crippen LogP contribution in [0.15, 0.2) is 46.1 Å². The smallest absolute Gasteiger partial charge is 0.323 e. The molecule has 0 atom stereocenters. The number of aromatic amines is 2. The van der Waals surface area contributed by atoms with Crippen LogP contribution in [-0.4, -0.2) is 25.5 Å². The van der Waals surface area contributed by atoms with Crippen LogP contribution in [0.5, 0.6) is 5.75 Å². The third-order valence-electron chi connectivity index (χ3n) is 3.50. The molecule has 0 bridgehead atoms. The van der Waals surface area contributed by atoms with Crippen molar-refractivity contribution in [3.63, 3.8) is 0 Å². The number of sulfonamides is 1. The van der Waals surface area contributed by atoms with Gasteiger partial charge in [0.2, 0.25) is 10.0 Å². The van der Waals surface area contributed by atoms with Gasteiger partial charge in [0.05, 0.1) is 23.2 Å². The largest absolute Gasteiger partial charge is 0.496 e. The SMILES string of the molecule is COc1ccccc1CNS(=O)(=O)c1cc2[nH]c(=O)[nH]c2cc1Cl. The van der Waals surface area contributed by atoms with Crippen LogP contribution in [0.2, 0.25) is 5.02 Å². The number of H-pyrrole nitrogens is 2. The first kappa shape index (κ1) is 16.6. The number of para-hydroxylation sites is 1. The molecule has 24 heavy (non-hydrogen) atoms. The number of fused-ring (bicyclic) bond motifs is 1. The topological polar surface area (TPSA) is 104 Å². The first-order chi connectivity index (χ1) is 11.4. The average Bonchev–Trinajstić information content (AvgIpc) is 2.91. The van der Waals surface area contributed by atoms with E-state index in [-0.39, 0.29) is 16.5 Å². The van der Waals surface area contributed by atoms with Gasteiger partial charge in [0.25, 0.3) is 0 Å². The van der Waals surface area contributed by atoms with Crippen molar-refractivity contribution in [3.05, 3.63) is 57.5 Å². The van der Waals surface area contributed by atoms with E-state index in [0.717, 1.165) is 0 Å². The van der Waals surface area contributed by atoms with Gasteiger partial charge in [-0.25, -0.2) is 17.9 Å². The molecule has 0 fully saturated rings. The molecule has 0 aliphatic heterocycles. The summed E-state index contributed by atoms with van der Waals surface area (Å²) in [6, 6.07) is 9.80. The van der Waals surface area contributed by atoms with E-state index < -0.39 is 15.7 Å². The van der Waals surface area contributed by atoms with Crippen LogP contribution < -0.4 is 15.1 Å². The van der Waals surface area contributed by atoms with Crippen LogP contribution in [0.1, 0.15) is 5.56 Å². The predicted molar refractivity (Wildman–Crippen MR) is 90.9 cm³/mol. The first-order valence-corrected chi connectivity index (χ1v) is 8.80. The van der Waals surface area contributed by atoms with Crippen molar-refractivity contribution in [2.75, 3.05) is 7.11 Å². The third-order valence-corrected chi connectivity index (χ3v) is 5.37. The fourth-order valence-corrected chi connectivity index (χ4v) is 3.90. The molecule has 0 spiro atoms. The molecule has 7 nitrogen and oxygen atoms in total. The summed E-state index contributed by atoms with van der Waals surface area (Å²) >= 11 is 6.06. The molecular weight excluding hydrogens is 354 g/mol. The van der Waals surface area contributed by atoms with Gasteiger partial charge < -0.3 is 14.7 Å². The molecule has 1 aromatic heterocycles. The number of methoxy groups -OCH3 is 1. The molecule has 0 amide bonds. The van der Waals surface area contributed by atoms with Crippen LogP contribution in [-0.2, 0) is 16.6 Å². The molecule has 0 saturated carbocycles. The Morgan fingerprint density at radius 1 is 1.17 bits per heavy atom. The molecule has 3 rings (SSSR count). The van der Waals surface area contributed by atoms with Crippen molar-refractivity contribution in [1.82, 2.24) is 14.7 Å². The second kappa shape index (κ2) is 6.31. The molecule has 0 aliphatic carbocycles. The van der Waals surface area contributed by atoms with E-state index >= 15 is 0 Å². The molecule has 0 saturated heterocycles. The van der Waals surface area contributed by atoms with Crippen molar-refractivity contribution in [3.8, 4) is 5.75 Å². The number of hydrogen-bond acceptors (Lipinski definition) is 4. The number of halogens is 1. The minimum Gasteiger partial charge on any atom is -0.496 e. The Balaban J connectivity index is 1.93. The maximum atomic E-state index is 12.5. The zero-order chi connectivity index (χ0) is 17.3. The first-order valence-electron chi connectivity index (χ1n) is 6.94. The van der Waals surface area contributed by atoms with Crippen molar-refractivity contribution in [2.45, 2.75) is 11.4 Å². The highest BCUT2D eigenvalue weighted by molar-refractivity contribution is 7.89. The molecule has 0 radical (unpaired) electrons. The number of hydrogen-bond donors (Lipinski definition) is 3. The van der Waals surface area contributed by atoms with E-state index in [9.17, 15) is 13.2 Å². The quantitative estimate of drug-likeness (QED) is 0.641. The summed E-state index contributed by atoms with van der Waals surface area (Å²) in [7, 11) is -2.36. The van der Waals surface area contributed by atoms with E-state index in [1.165, 1.54) is 19.2 Å². The number of benzene rings is 2. The lowest BCUT2D eigenvalue weighted by Gasteiger charge is -2.11. The molecule has 9 heteroatoms. The van der Waals surface area contributed by atoms with Gasteiger partial charge in [-0.3, -0.25) is 0 Å². The number of aromatic nitrogens is 2. The highest BCUT2D eigenvalue weighted by Gasteiger charge is 2.20. The second-order valence-electron chi connectivity index (χ2n) is 5.04. The number of ether oxygens (including phenoxy) is 1. The lowest BCUT2D eigenvalue weighted by atomic mass is 10.2. The Kier molecular flexibility index (Phi) is 4.35. The van der Waals surface area contributed by atoms with Crippen molar-refractivity contribution < 1.29 is 13.2 Å². The minimum absolute atomic E-state index is 0.0188. The molecule has 3 N–H and O–H groups in total. The number of imidazole rings is 1. The van der Waals surface area contributed by atoms with Gasteiger partial charge in [-0.15, -0.1) is 0 Å². The van der Waals surface area contributed by atoms with E-state index in [2.05, 4.69) is 14.7 Å². The molecule has 1 heterocycles. The fraction of sp³-hybridized carbons (Fsp3) is 0.133. The maximum Gasteiger partial charge on any atom is 0.323 e. The summed E-state index contributed by atoms with van der Waals surface area (Å²) < 4.78 is 32.8. The minimum atomic E-state index is -3.87. The van der Waals surface area contributed by atoms with Crippen molar-refractivity contribution >= 4 is 32.7 Å². The maximum absolute atomic E-state index is 12.5. The third kappa shape index (κ3) is 3.16. The molecule has 0 unspecified atom stereocenters. The highest BCUT2D eigenvalue weighted by Crippen LogP contribution is 2.26. The van der Waals surface area contributed by atoms with E-state index in [1.807, 2.05) is 0 Å². The van der Waals surface area contributed by atoms with Gasteiger partial charge in [-0.1, -0.05) is 29.8 Å². The summed E-state index contributed by atoms with van der Waals surface area (Å²) in [6.07, 6.45) is 0. The Morgan fingerprint density at radius 3 is 2.54 bits per heavy atom. The van der Waals surface area contributed by atoms with Crippen molar-refractivity contribution in [1.29, 1.82) is 0 Å². The summed E-state index contributed by atoms with van der Waals surface area (Å²) in [5.41, 5.74) is 1.06. The Bertz CT molecular complexity index is 1060. The van der Waals surface area contributed by atoms with Gasteiger partial charge >= 0.3 is 5.69 Å². The Hall–Kier alpha value is -2.29. The van der Waals surface area contributed by atoms with Gasteiger partial charge in [0.15, 0.2) is 0 Å².